The summed E-state index contributed by atoms with van der Waals surface area (Å²) in [6.45, 7) is 3.73. The largest absolute Gasteiger partial charge is 0.465 e. The van der Waals surface area contributed by atoms with E-state index < -0.39 is 0 Å². The van der Waals surface area contributed by atoms with Gasteiger partial charge in [-0.1, -0.05) is 32.6 Å². The van der Waals surface area contributed by atoms with Gasteiger partial charge in [0, 0.05) is 0 Å². The zero-order chi connectivity index (χ0) is 10.9. The van der Waals surface area contributed by atoms with Crippen LogP contribution in [0.2, 0.25) is 0 Å². The molecule has 0 unspecified atom stereocenters. The van der Waals surface area contributed by atoms with Crippen molar-refractivity contribution in [1.29, 1.82) is 0 Å². The molecular weight excluding hydrogens is 190 g/mol. The van der Waals surface area contributed by atoms with Crippen molar-refractivity contribution in [3.05, 3.63) is 0 Å². The van der Waals surface area contributed by atoms with Crippen LogP contribution < -0.4 is 5.32 Å². The van der Waals surface area contributed by atoms with Gasteiger partial charge >= 0.3 is 5.97 Å². The van der Waals surface area contributed by atoms with E-state index in [1.165, 1.54) is 25.7 Å². The Labute approximate surface area is 92.6 Å². The van der Waals surface area contributed by atoms with Crippen LogP contribution >= 0.6 is 0 Å². The van der Waals surface area contributed by atoms with Crippen LogP contribution in [0.5, 0.6) is 0 Å². The first kappa shape index (κ1) is 12.5. The second-order valence-electron chi connectivity index (χ2n) is 4.23. The van der Waals surface area contributed by atoms with Crippen LogP contribution in [0.3, 0.4) is 0 Å². The summed E-state index contributed by atoms with van der Waals surface area (Å²) in [6.07, 6.45) is 7.89. The van der Waals surface area contributed by atoms with Crippen molar-refractivity contribution in [3.8, 4) is 0 Å². The molecule has 1 N–H and O–H groups in total. The van der Waals surface area contributed by atoms with Crippen LogP contribution in [-0.4, -0.2) is 25.2 Å². The Morgan fingerprint density at radius 1 is 1.33 bits per heavy atom. The number of unbranched alkanes of at least 4 members (excludes halogenated alkanes) is 3. The van der Waals surface area contributed by atoms with E-state index in [4.69, 9.17) is 4.74 Å². The molecule has 1 saturated heterocycles. The summed E-state index contributed by atoms with van der Waals surface area (Å²) in [5, 5.41) is 3.20. The van der Waals surface area contributed by atoms with Gasteiger partial charge < -0.3 is 10.1 Å². The molecule has 0 radical (unpaired) electrons. The van der Waals surface area contributed by atoms with Gasteiger partial charge in [0.25, 0.3) is 0 Å². The Balaban J connectivity index is 2.02. The fourth-order valence-corrected chi connectivity index (χ4v) is 1.86. The average molecular weight is 213 g/mol. The van der Waals surface area contributed by atoms with E-state index in [9.17, 15) is 4.79 Å². The standard InChI is InChI=1S/C12H23NO2/c1-2-3-4-7-10-15-12(14)11-8-5-6-9-13-11/h11,13H,2-10H2,1H3/t11-/m1/s1. The Bertz CT molecular complexity index is 176. The number of esters is 1. The van der Waals surface area contributed by atoms with E-state index in [0.717, 1.165) is 25.8 Å². The molecule has 1 atom stereocenters. The van der Waals surface area contributed by atoms with Gasteiger partial charge in [-0.05, 0) is 25.8 Å². The number of hydrogen-bond acceptors (Lipinski definition) is 3. The van der Waals surface area contributed by atoms with E-state index in [0.29, 0.717) is 6.61 Å². The number of carbonyl (C=O) groups is 1. The van der Waals surface area contributed by atoms with Crippen LogP contribution in [0.1, 0.15) is 51.9 Å². The Morgan fingerprint density at radius 2 is 2.20 bits per heavy atom. The summed E-state index contributed by atoms with van der Waals surface area (Å²) < 4.78 is 5.23. The minimum Gasteiger partial charge on any atom is -0.465 e. The van der Waals surface area contributed by atoms with Crippen LogP contribution in [0.4, 0.5) is 0 Å². The first-order chi connectivity index (χ1) is 7.34. The molecular formula is C12H23NO2. The number of ether oxygens (including phenoxy) is 1. The Hall–Kier alpha value is -0.570. The van der Waals surface area contributed by atoms with Crippen molar-refractivity contribution in [3.63, 3.8) is 0 Å². The van der Waals surface area contributed by atoms with Gasteiger partial charge in [-0.15, -0.1) is 0 Å². The molecule has 3 nitrogen and oxygen atoms in total. The van der Waals surface area contributed by atoms with Crippen LogP contribution in [0.15, 0.2) is 0 Å². The quantitative estimate of drug-likeness (QED) is 0.543. The number of rotatable bonds is 6. The molecule has 15 heavy (non-hydrogen) atoms. The Kier molecular flexibility index (Phi) is 6.41. The second kappa shape index (κ2) is 7.69. The molecule has 0 aliphatic carbocycles. The van der Waals surface area contributed by atoms with Gasteiger partial charge in [0.05, 0.1) is 6.61 Å². The number of piperidine rings is 1. The highest BCUT2D eigenvalue weighted by molar-refractivity contribution is 5.75. The molecule has 0 aromatic rings. The summed E-state index contributed by atoms with van der Waals surface area (Å²) in [7, 11) is 0. The third-order valence-corrected chi connectivity index (χ3v) is 2.84. The van der Waals surface area contributed by atoms with E-state index in [-0.39, 0.29) is 12.0 Å². The first-order valence-corrected chi connectivity index (χ1v) is 6.24. The van der Waals surface area contributed by atoms with Crippen LogP contribution in [-0.2, 0) is 9.53 Å². The van der Waals surface area contributed by atoms with Gasteiger partial charge in [0.15, 0.2) is 0 Å². The molecule has 1 rings (SSSR count). The molecule has 1 fully saturated rings. The molecule has 1 aliphatic heterocycles. The fraction of sp³-hybridized carbons (Fsp3) is 0.917. The molecule has 0 bridgehead atoms. The van der Waals surface area contributed by atoms with Crippen molar-refractivity contribution in [2.24, 2.45) is 0 Å². The van der Waals surface area contributed by atoms with E-state index in [2.05, 4.69) is 12.2 Å². The fourth-order valence-electron chi connectivity index (χ4n) is 1.86. The van der Waals surface area contributed by atoms with E-state index >= 15 is 0 Å². The zero-order valence-corrected chi connectivity index (χ0v) is 9.76. The summed E-state index contributed by atoms with van der Waals surface area (Å²) in [5.41, 5.74) is 0. The highest BCUT2D eigenvalue weighted by Gasteiger charge is 2.21. The van der Waals surface area contributed by atoms with Crippen molar-refractivity contribution >= 4 is 5.97 Å². The minimum atomic E-state index is -0.0498. The van der Waals surface area contributed by atoms with Crippen molar-refractivity contribution in [1.82, 2.24) is 5.32 Å². The molecule has 0 amide bonds. The van der Waals surface area contributed by atoms with Crippen molar-refractivity contribution < 1.29 is 9.53 Å². The molecule has 88 valence electrons. The summed E-state index contributed by atoms with van der Waals surface area (Å²) in [6, 6.07) is -0.0371. The topological polar surface area (TPSA) is 38.3 Å². The zero-order valence-electron chi connectivity index (χ0n) is 9.76. The van der Waals surface area contributed by atoms with Gasteiger partial charge in [0.1, 0.15) is 6.04 Å². The molecule has 0 saturated carbocycles. The summed E-state index contributed by atoms with van der Waals surface area (Å²) >= 11 is 0. The predicted molar refractivity (Wildman–Crippen MR) is 60.7 cm³/mol. The molecule has 1 aliphatic rings. The molecule has 0 spiro atoms. The van der Waals surface area contributed by atoms with Gasteiger partial charge in [-0.25, -0.2) is 0 Å². The van der Waals surface area contributed by atoms with Gasteiger partial charge in [-0.2, -0.15) is 0 Å². The second-order valence-corrected chi connectivity index (χ2v) is 4.23. The van der Waals surface area contributed by atoms with E-state index in [1.807, 2.05) is 0 Å². The van der Waals surface area contributed by atoms with Crippen LogP contribution in [0, 0.1) is 0 Å². The SMILES string of the molecule is CCCCCCOC(=O)[C@H]1CCCCN1. The molecule has 0 aromatic carbocycles. The maximum Gasteiger partial charge on any atom is 0.323 e. The summed E-state index contributed by atoms with van der Waals surface area (Å²) in [5.74, 6) is -0.0498. The lowest BCUT2D eigenvalue weighted by atomic mass is 10.1. The predicted octanol–water partition coefficient (Wildman–Crippen LogP) is 2.25. The maximum atomic E-state index is 11.5. The van der Waals surface area contributed by atoms with Crippen LogP contribution in [0.25, 0.3) is 0 Å². The lowest BCUT2D eigenvalue weighted by Gasteiger charge is -2.21. The molecule has 3 heteroatoms. The average Bonchev–Trinajstić information content (AvgIpc) is 2.30. The lowest BCUT2D eigenvalue weighted by molar-refractivity contribution is -0.146. The monoisotopic (exact) mass is 213 g/mol. The third-order valence-electron chi connectivity index (χ3n) is 2.84. The third kappa shape index (κ3) is 5.17. The van der Waals surface area contributed by atoms with Crippen molar-refractivity contribution in [2.45, 2.75) is 57.9 Å². The van der Waals surface area contributed by atoms with Crippen molar-refractivity contribution in [2.75, 3.05) is 13.2 Å². The van der Waals surface area contributed by atoms with Gasteiger partial charge in [0.2, 0.25) is 0 Å². The Morgan fingerprint density at radius 3 is 2.87 bits per heavy atom. The molecule has 1 heterocycles. The van der Waals surface area contributed by atoms with Gasteiger partial charge in [-0.3, -0.25) is 4.79 Å². The first-order valence-electron chi connectivity index (χ1n) is 6.24. The minimum absolute atomic E-state index is 0.0371. The number of hydrogen-bond donors (Lipinski definition) is 1. The smallest absolute Gasteiger partial charge is 0.323 e. The normalized spacial score (nSPS) is 21.3. The highest BCUT2D eigenvalue weighted by atomic mass is 16.5. The lowest BCUT2D eigenvalue weighted by Crippen LogP contribution is -2.41. The highest BCUT2D eigenvalue weighted by Crippen LogP contribution is 2.08. The molecule has 0 aromatic heterocycles. The summed E-state index contributed by atoms with van der Waals surface area (Å²) in [4.78, 5) is 11.5. The van der Waals surface area contributed by atoms with E-state index in [1.54, 1.807) is 0 Å². The maximum absolute atomic E-state index is 11.5. The number of nitrogens with one attached hydrogen (secondary N) is 1. The number of carbonyl (C=O) groups excluding carboxylic acids is 1.